The first-order valence-electron chi connectivity index (χ1n) is 5.74. The maximum absolute atomic E-state index is 11.6. The Morgan fingerprint density at radius 3 is 2.29 bits per heavy atom. The van der Waals surface area contributed by atoms with E-state index in [1.54, 1.807) is 11.0 Å². The third kappa shape index (κ3) is 9.54. The Balaban J connectivity index is 0. The second-order valence-electron chi connectivity index (χ2n) is 3.38. The topological polar surface area (TPSA) is 20.3 Å². The molecule has 0 radical (unpaired) electrons. The largest absolute Gasteiger partial charge is 0.346 e. The molecule has 98 valence electrons. The Bertz CT molecular complexity index is 269. The average molecular weight is 241 g/mol. The number of hydrogen-bond donors (Lipinski definition) is 0. The van der Waals surface area contributed by atoms with Gasteiger partial charge in [-0.2, -0.15) is 0 Å². The number of alkyl halides is 1. The molecule has 0 rings (SSSR count). The number of allylic oxidation sites excluding steroid dienone is 4. The highest BCUT2D eigenvalue weighted by Crippen LogP contribution is 2.08. The van der Waals surface area contributed by atoms with Crippen molar-refractivity contribution in [1.29, 1.82) is 0 Å². The average Bonchev–Trinajstić information content (AvgIpc) is 2.38. The molecule has 0 N–H and O–H groups in total. The fourth-order valence-electron chi connectivity index (χ4n) is 1.08. The van der Waals surface area contributed by atoms with E-state index in [9.17, 15) is 9.18 Å². The first-order valence-corrected chi connectivity index (χ1v) is 5.74. The first kappa shape index (κ1) is 18.0. The van der Waals surface area contributed by atoms with Crippen molar-refractivity contribution in [1.82, 2.24) is 4.90 Å². The lowest BCUT2D eigenvalue weighted by Crippen LogP contribution is -2.26. The van der Waals surface area contributed by atoms with Crippen LogP contribution in [0.3, 0.4) is 0 Å². The lowest BCUT2D eigenvalue weighted by molar-refractivity contribution is -0.128. The van der Waals surface area contributed by atoms with Crippen LogP contribution in [0, 0.1) is 0 Å². The molecule has 0 bridgehead atoms. The zero-order valence-electron chi connectivity index (χ0n) is 11.4. The van der Waals surface area contributed by atoms with Crippen LogP contribution in [0.2, 0.25) is 0 Å². The minimum Gasteiger partial charge on any atom is -0.346 e. The van der Waals surface area contributed by atoms with Crippen molar-refractivity contribution < 1.29 is 9.18 Å². The van der Waals surface area contributed by atoms with Crippen molar-refractivity contribution in [3.63, 3.8) is 0 Å². The van der Waals surface area contributed by atoms with Gasteiger partial charge in [-0.25, -0.2) is 0 Å². The van der Waals surface area contributed by atoms with Gasteiger partial charge >= 0.3 is 0 Å². The molecule has 0 aliphatic rings. The van der Waals surface area contributed by atoms with Gasteiger partial charge in [-0.3, -0.25) is 9.18 Å². The lowest BCUT2D eigenvalue weighted by atomic mass is 10.1. The minimum absolute atomic E-state index is 0.178. The van der Waals surface area contributed by atoms with Gasteiger partial charge in [-0.05, 0) is 13.3 Å². The summed E-state index contributed by atoms with van der Waals surface area (Å²) in [5, 5.41) is 0. The smallest absolute Gasteiger partial charge is 0.226 e. The molecule has 0 aromatic heterocycles. The van der Waals surface area contributed by atoms with Gasteiger partial charge in [0.25, 0.3) is 0 Å². The summed E-state index contributed by atoms with van der Waals surface area (Å²) in [6, 6.07) is 0. The fraction of sp³-hybridized carbons (Fsp3) is 0.500. The highest BCUT2D eigenvalue weighted by Gasteiger charge is 2.07. The van der Waals surface area contributed by atoms with E-state index < -0.39 is 0 Å². The van der Waals surface area contributed by atoms with Crippen LogP contribution < -0.4 is 0 Å². The third-order valence-corrected chi connectivity index (χ3v) is 2.31. The quantitative estimate of drug-likeness (QED) is 0.652. The van der Waals surface area contributed by atoms with Gasteiger partial charge in [0, 0.05) is 20.0 Å². The van der Waals surface area contributed by atoms with Crippen LogP contribution >= 0.6 is 0 Å². The maximum atomic E-state index is 11.6. The summed E-state index contributed by atoms with van der Waals surface area (Å²) in [4.78, 5) is 13.4. The van der Waals surface area contributed by atoms with Gasteiger partial charge in [-0.15, -0.1) is 0 Å². The number of carbonyl (C=O) groups is 1. The van der Waals surface area contributed by atoms with Crippen LogP contribution in [-0.2, 0) is 4.79 Å². The van der Waals surface area contributed by atoms with Crippen LogP contribution in [0.15, 0.2) is 36.5 Å². The number of rotatable bonds is 6. The van der Waals surface area contributed by atoms with E-state index in [0.29, 0.717) is 13.6 Å². The van der Waals surface area contributed by atoms with Gasteiger partial charge < -0.3 is 4.90 Å². The minimum atomic E-state index is 0.178. The molecule has 0 fully saturated rings. The Hall–Kier alpha value is -1.38. The molecule has 0 heterocycles. The van der Waals surface area contributed by atoms with Crippen molar-refractivity contribution >= 4 is 5.91 Å². The van der Waals surface area contributed by atoms with Gasteiger partial charge in [0.05, 0.1) is 7.18 Å². The molecule has 3 heteroatoms. The number of nitrogens with zero attached hydrogens (tertiary/aromatic N) is 1. The van der Waals surface area contributed by atoms with Crippen LogP contribution in [0.1, 0.15) is 26.7 Å². The highest BCUT2D eigenvalue weighted by molar-refractivity contribution is 5.78. The van der Waals surface area contributed by atoms with Gasteiger partial charge in [0.15, 0.2) is 0 Å². The predicted octanol–water partition coefficient (Wildman–Crippen LogP) is 3.52. The fourth-order valence-corrected chi connectivity index (χ4v) is 1.08. The van der Waals surface area contributed by atoms with Crippen LogP contribution in [0.5, 0.6) is 0 Å². The molecule has 0 aromatic rings. The van der Waals surface area contributed by atoms with E-state index >= 15 is 0 Å². The van der Waals surface area contributed by atoms with E-state index in [1.807, 2.05) is 32.2 Å². The first-order chi connectivity index (χ1) is 8.15. The number of hydrogen-bond acceptors (Lipinski definition) is 1. The summed E-state index contributed by atoms with van der Waals surface area (Å²) in [7, 11) is 2.33. The Kier molecular flexibility index (Phi) is 13.4. The van der Waals surface area contributed by atoms with E-state index in [2.05, 4.69) is 13.5 Å². The second kappa shape index (κ2) is 12.7. The second-order valence-corrected chi connectivity index (χ2v) is 3.38. The lowest BCUT2D eigenvalue weighted by Gasteiger charge is -2.14. The van der Waals surface area contributed by atoms with E-state index in [1.165, 1.54) is 0 Å². The molecule has 0 saturated carbocycles. The molecular weight excluding hydrogens is 217 g/mol. The highest BCUT2D eigenvalue weighted by atomic mass is 19.1. The van der Waals surface area contributed by atoms with Crippen molar-refractivity contribution in [2.45, 2.75) is 26.7 Å². The molecule has 0 saturated heterocycles. The van der Waals surface area contributed by atoms with Crippen molar-refractivity contribution in [2.75, 3.05) is 20.8 Å². The molecule has 0 unspecified atom stereocenters. The zero-order chi connectivity index (χ0) is 13.7. The van der Waals surface area contributed by atoms with E-state index in [0.717, 1.165) is 18.5 Å². The van der Waals surface area contributed by atoms with Crippen LogP contribution in [0.25, 0.3) is 0 Å². The Morgan fingerprint density at radius 1 is 1.29 bits per heavy atom. The Morgan fingerprint density at radius 2 is 1.88 bits per heavy atom. The third-order valence-electron chi connectivity index (χ3n) is 2.31. The normalized spacial score (nSPS) is 10.8. The van der Waals surface area contributed by atoms with Crippen molar-refractivity contribution in [3.05, 3.63) is 36.5 Å². The Labute approximate surface area is 105 Å². The van der Waals surface area contributed by atoms with Gasteiger partial charge in [0.1, 0.15) is 0 Å². The zero-order valence-corrected chi connectivity index (χ0v) is 11.4. The van der Waals surface area contributed by atoms with Gasteiger partial charge in [0.2, 0.25) is 5.91 Å². The molecule has 2 nitrogen and oxygen atoms in total. The summed E-state index contributed by atoms with van der Waals surface area (Å²) in [5.74, 6) is 0.178. The number of carbonyl (C=O) groups excluding carboxylic acids is 1. The number of amides is 1. The standard InChI is InChI=1S/C13H21NO.CH3F/c1-5-8-9-10-12(6-2)11-13(15)14(4)7-3;1-2/h5,8-10H,1,6-7,11H2,2-4H3;1H3/b9-8-,12-10+;. The summed E-state index contributed by atoms with van der Waals surface area (Å²) in [6.45, 7) is 8.40. The van der Waals surface area contributed by atoms with E-state index in [4.69, 9.17) is 0 Å². The molecule has 0 atom stereocenters. The van der Waals surface area contributed by atoms with Crippen LogP contribution in [-0.4, -0.2) is 31.6 Å². The van der Waals surface area contributed by atoms with E-state index in [-0.39, 0.29) is 5.91 Å². The summed E-state index contributed by atoms with van der Waals surface area (Å²) < 4.78 is 9.50. The summed E-state index contributed by atoms with van der Waals surface area (Å²) in [5.41, 5.74) is 1.15. The van der Waals surface area contributed by atoms with Crippen molar-refractivity contribution in [2.24, 2.45) is 0 Å². The molecule has 0 aliphatic carbocycles. The molecule has 0 aromatic carbocycles. The van der Waals surface area contributed by atoms with Crippen LogP contribution in [0.4, 0.5) is 4.39 Å². The maximum Gasteiger partial charge on any atom is 0.226 e. The molecule has 0 spiro atoms. The van der Waals surface area contributed by atoms with Gasteiger partial charge in [-0.1, -0.05) is 43.4 Å². The van der Waals surface area contributed by atoms with Crippen molar-refractivity contribution in [3.8, 4) is 0 Å². The molecule has 0 aliphatic heterocycles. The number of halogens is 1. The molecule has 1 amide bonds. The molecule has 17 heavy (non-hydrogen) atoms. The molecular formula is C14H24FNO. The summed E-state index contributed by atoms with van der Waals surface area (Å²) >= 11 is 0. The predicted molar refractivity (Wildman–Crippen MR) is 72.7 cm³/mol. The monoisotopic (exact) mass is 241 g/mol. The SMILES string of the molecule is C=C/C=C\C=C(/CC)CC(=O)N(C)CC.CF. The summed E-state index contributed by atoms with van der Waals surface area (Å²) in [6.07, 6.45) is 8.93.